The van der Waals surface area contributed by atoms with Crippen LogP contribution in [0.25, 0.3) is 10.4 Å². The highest BCUT2D eigenvalue weighted by atomic mass is 127. The van der Waals surface area contributed by atoms with Gasteiger partial charge in [-0.05, 0) is 18.4 Å². The molecule has 0 spiro atoms. The molecule has 1 fully saturated rings. The van der Waals surface area contributed by atoms with Crippen molar-refractivity contribution in [3.05, 3.63) is 10.4 Å². The first-order valence-corrected chi connectivity index (χ1v) is 6.80. The van der Waals surface area contributed by atoms with E-state index in [0.29, 0.717) is 13.2 Å². The highest BCUT2D eigenvalue weighted by molar-refractivity contribution is 14.1. The second kappa shape index (κ2) is 7.73. The highest BCUT2D eigenvalue weighted by Gasteiger charge is 2.22. The van der Waals surface area contributed by atoms with Gasteiger partial charge in [0, 0.05) is 11.5 Å². The second-order valence-corrected chi connectivity index (χ2v) is 5.74. The van der Waals surface area contributed by atoms with Crippen LogP contribution in [-0.4, -0.2) is 23.0 Å². The van der Waals surface area contributed by atoms with Crippen molar-refractivity contribution in [1.29, 1.82) is 0 Å². The van der Waals surface area contributed by atoms with Crippen LogP contribution in [0.15, 0.2) is 5.11 Å². The normalized spacial score (nSPS) is 18.6. The van der Waals surface area contributed by atoms with Gasteiger partial charge in [-0.3, -0.25) is 4.79 Å². The van der Waals surface area contributed by atoms with Crippen LogP contribution in [0.3, 0.4) is 0 Å². The fourth-order valence-corrected chi connectivity index (χ4v) is 2.16. The maximum absolute atomic E-state index is 11.6. The van der Waals surface area contributed by atoms with E-state index in [1.165, 1.54) is 6.42 Å². The lowest BCUT2D eigenvalue weighted by Gasteiger charge is -2.20. The highest BCUT2D eigenvalue weighted by Crippen LogP contribution is 2.24. The Balaban J connectivity index is 2.20. The topological polar surface area (TPSA) is 75.1 Å². The van der Waals surface area contributed by atoms with Crippen LogP contribution in [0, 0.1) is 5.92 Å². The summed E-state index contributed by atoms with van der Waals surface area (Å²) >= 11 is 2.13. The van der Waals surface area contributed by atoms with E-state index < -0.39 is 0 Å². The van der Waals surface area contributed by atoms with Gasteiger partial charge in [-0.15, -0.1) is 0 Å². The number of nitrogens with zero attached hydrogens (tertiary/aromatic N) is 3. The third kappa shape index (κ3) is 5.03. The molecule has 1 atom stereocenters. The van der Waals surface area contributed by atoms with Crippen LogP contribution >= 0.6 is 22.6 Å². The van der Waals surface area contributed by atoms with Crippen molar-refractivity contribution in [3.63, 3.8) is 0 Å². The summed E-state index contributed by atoms with van der Waals surface area (Å²) in [6, 6.07) is 0. The van der Waals surface area contributed by atoms with E-state index in [9.17, 15) is 4.79 Å². The lowest BCUT2D eigenvalue weighted by Crippen LogP contribution is -2.23. The Bertz CT molecular complexity index is 273. The molecule has 0 saturated heterocycles. The van der Waals surface area contributed by atoms with Crippen LogP contribution in [0.2, 0.25) is 0 Å². The van der Waals surface area contributed by atoms with E-state index in [1.54, 1.807) is 0 Å². The first-order valence-electron chi connectivity index (χ1n) is 5.55. The number of carbonyl (C=O) groups excluding carboxylic acids is 1. The number of azide groups is 1. The van der Waals surface area contributed by atoms with E-state index in [-0.39, 0.29) is 15.8 Å². The summed E-state index contributed by atoms with van der Waals surface area (Å²) in [6.07, 6.45) is 5.41. The number of hydrogen-bond acceptors (Lipinski definition) is 3. The first kappa shape index (κ1) is 13.6. The van der Waals surface area contributed by atoms with Crippen LogP contribution in [0.1, 0.15) is 32.1 Å². The molecule has 0 radical (unpaired) electrons. The molecule has 0 amide bonds. The van der Waals surface area contributed by atoms with Crippen molar-refractivity contribution in [2.45, 2.75) is 36.0 Å². The number of ether oxygens (including phenoxy) is 1. The average Bonchev–Trinajstić information content (AvgIpc) is 2.34. The molecule has 5 nitrogen and oxygen atoms in total. The van der Waals surface area contributed by atoms with Gasteiger partial charge in [0.15, 0.2) is 0 Å². The minimum atomic E-state index is -0.0812. The molecule has 0 aromatic carbocycles. The Hall–Kier alpha value is -0.490. The molecule has 1 rings (SSSR count). The quantitative estimate of drug-likeness (QED) is 0.193. The minimum absolute atomic E-state index is 0.0704. The maximum Gasteiger partial charge on any atom is 0.308 e. The maximum atomic E-state index is 11.6. The lowest BCUT2D eigenvalue weighted by atomic mass is 9.89. The lowest BCUT2D eigenvalue weighted by molar-refractivity contribution is -0.149. The molecule has 0 bridgehead atoms. The Morgan fingerprint density at radius 3 is 2.81 bits per heavy atom. The van der Waals surface area contributed by atoms with E-state index >= 15 is 0 Å². The van der Waals surface area contributed by atoms with Crippen molar-refractivity contribution in [3.8, 4) is 0 Å². The summed E-state index contributed by atoms with van der Waals surface area (Å²) in [5, 5.41) is 3.44. The molecule has 0 N–H and O–H groups in total. The SMILES string of the molecule is [N-]=[N+]=NCC(I)COC(=O)C1CCCCC1. The standard InChI is InChI=1S/C10H16IN3O2/c11-9(6-13-14-12)7-16-10(15)8-4-2-1-3-5-8/h8-9H,1-7H2. The van der Waals surface area contributed by atoms with Crippen LogP contribution < -0.4 is 0 Å². The predicted molar refractivity (Wildman–Crippen MR) is 69.4 cm³/mol. The number of rotatable bonds is 5. The summed E-state index contributed by atoms with van der Waals surface area (Å²) in [4.78, 5) is 14.3. The fraction of sp³-hybridized carbons (Fsp3) is 0.900. The van der Waals surface area contributed by atoms with Gasteiger partial charge in [0.05, 0.1) is 9.84 Å². The number of alkyl halides is 1. The van der Waals surface area contributed by atoms with E-state index in [1.807, 2.05) is 0 Å². The van der Waals surface area contributed by atoms with Gasteiger partial charge in [0.1, 0.15) is 6.61 Å². The summed E-state index contributed by atoms with van der Waals surface area (Å²) < 4.78 is 5.28. The van der Waals surface area contributed by atoms with Crippen LogP contribution in [0.5, 0.6) is 0 Å². The van der Waals surface area contributed by atoms with Crippen molar-refractivity contribution in [2.24, 2.45) is 11.0 Å². The van der Waals surface area contributed by atoms with Gasteiger partial charge in [0.2, 0.25) is 0 Å². The first-order chi connectivity index (χ1) is 7.74. The predicted octanol–water partition coefficient (Wildman–Crippen LogP) is 3.22. The number of carbonyl (C=O) groups is 1. The smallest absolute Gasteiger partial charge is 0.308 e. The third-order valence-corrected chi connectivity index (χ3v) is 3.44. The van der Waals surface area contributed by atoms with Gasteiger partial charge in [-0.2, -0.15) is 0 Å². The molecule has 0 aliphatic heterocycles. The third-order valence-electron chi connectivity index (χ3n) is 2.69. The van der Waals surface area contributed by atoms with E-state index in [2.05, 4.69) is 32.6 Å². The minimum Gasteiger partial charge on any atom is -0.464 e. The van der Waals surface area contributed by atoms with Crippen molar-refractivity contribution in [2.75, 3.05) is 13.2 Å². The summed E-state index contributed by atoms with van der Waals surface area (Å²) in [5.41, 5.74) is 8.14. The molecule has 1 aliphatic rings. The van der Waals surface area contributed by atoms with Gasteiger partial charge in [-0.1, -0.05) is 47.0 Å². The monoisotopic (exact) mass is 337 g/mol. The summed E-state index contributed by atoms with van der Waals surface area (Å²) in [7, 11) is 0. The molecule has 1 unspecified atom stereocenters. The Morgan fingerprint density at radius 1 is 1.50 bits per heavy atom. The zero-order valence-electron chi connectivity index (χ0n) is 9.14. The molecular formula is C10H16IN3O2. The molecule has 0 aromatic rings. The molecular weight excluding hydrogens is 321 g/mol. The summed E-state index contributed by atoms with van der Waals surface area (Å²) in [6.45, 7) is 0.712. The van der Waals surface area contributed by atoms with Crippen LogP contribution in [0.4, 0.5) is 0 Å². The molecule has 16 heavy (non-hydrogen) atoms. The number of hydrogen-bond donors (Lipinski definition) is 0. The van der Waals surface area contributed by atoms with Crippen LogP contribution in [-0.2, 0) is 9.53 Å². The van der Waals surface area contributed by atoms with Crippen molar-refractivity contribution >= 4 is 28.6 Å². The largest absolute Gasteiger partial charge is 0.464 e. The van der Waals surface area contributed by atoms with Gasteiger partial charge in [0.25, 0.3) is 0 Å². The molecule has 6 heteroatoms. The number of esters is 1. The molecule has 0 aromatic heterocycles. The van der Waals surface area contributed by atoms with E-state index in [0.717, 1.165) is 25.7 Å². The fourth-order valence-electron chi connectivity index (χ4n) is 1.81. The average molecular weight is 337 g/mol. The Labute approximate surface area is 109 Å². The van der Waals surface area contributed by atoms with E-state index in [4.69, 9.17) is 10.3 Å². The Kier molecular flexibility index (Phi) is 6.56. The molecule has 1 aliphatic carbocycles. The van der Waals surface area contributed by atoms with Crippen molar-refractivity contribution in [1.82, 2.24) is 0 Å². The van der Waals surface area contributed by atoms with Gasteiger partial charge < -0.3 is 4.74 Å². The molecule has 1 saturated carbocycles. The summed E-state index contributed by atoms with van der Waals surface area (Å²) in [5.74, 6) is 0.0131. The van der Waals surface area contributed by atoms with Gasteiger partial charge >= 0.3 is 5.97 Å². The van der Waals surface area contributed by atoms with Gasteiger partial charge in [-0.25, -0.2) is 0 Å². The zero-order valence-corrected chi connectivity index (χ0v) is 11.3. The van der Waals surface area contributed by atoms with Crippen molar-refractivity contribution < 1.29 is 9.53 Å². The number of halogens is 1. The molecule has 0 heterocycles. The molecule has 90 valence electrons. The Morgan fingerprint density at radius 2 is 2.19 bits per heavy atom. The second-order valence-electron chi connectivity index (χ2n) is 3.98. The zero-order chi connectivity index (χ0) is 11.8.